The lowest BCUT2D eigenvalue weighted by molar-refractivity contribution is -0.136. The Morgan fingerprint density at radius 1 is 0.853 bits per heavy atom. The molecule has 34 heavy (non-hydrogen) atoms. The lowest BCUT2D eigenvalue weighted by Gasteiger charge is -2.34. The molecule has 3 aromatic rings. The highest BCUT2D eigenvalue weighted by Gasteiger charge is 2.33. The zero-order valence-corrected chi connectivity index (χ0v) is 20.1. The van der Waals surface area contributed by atoms with Crippen LogP contribution in [0, 0.1) is 5.92 Å². The third kappa shape index (κ3) is 6.10. The highest BCUT2D eigenvalue weighted by Crippen LogP contribution is 2.25. The Morgan fingerprint density at radius 3 is 1.91 bits per heavy atom. The Bertz CT molecular complexity index is 1100. The Morgan fingerprint density at radius 2 is 1.41 bits per heavy atom. The number of rotatable bonds is 9. The van der Waals surface area contributed by atoms with E-state index < -0.39 is 10.0 Å². The van der Waals surface area contributed by atoms with Crippen molar-refractivity contribution in [1.82, 2.24) is 14.2 Å². The van der Waals surface area contributed by atoms with Crippen LogP contribution in [-0.4, -0.2) is 54.7 Å². The molecule has 0 aliphatic carbocycles. The van der Waals surface area contributed by atoms with Crippen LogP contribution < -0.4 is 0 Å². The van der Waals surface area contributed by atoms with E-state index in [4.69, 9.17) is 0 Å². The van der Waals surface area contributed by atoms with Crippen molar-refractivity contribution in [3.8, 4) is 0 Å². The van der Waals surface area contributed by atoms with E-state index in [0.717, 1.165) is 12.8 Å². The zero-order valence-electron chi connectivity index (χ0n) is 19.3. The molecule has 7 heteroatoms. The van der Waals surface area contributed by atoms with Gasteiger partial charge >= 0.3 is 0 Å². The SMILES string of the molecule is O=C(C1CCN(S(=O)(=O)c2cccnc2)CC1)N(CCc1ccccc1)CCc1ccccc1. The molecule has 0 unspecified atom stereocenters. The van der Waals surface area contributed by atoms with Gasteiger partial charge in [0, 0.05) is 44.5 Å². The van der Waals surface area contributed by atoms with Crippen molar-refractivity contribution >= 4 is 15.9 Å². The van der Waals surface area contributed by atoms with Gasteiger partial charge in [-0.1, -0.05) is 60.7 Å². The number of amides is 1. The highest BCUT2D eigenvalue weighted by molar-refractivity contribution is 7.89. The van der Waals surface area contributed by atoms with Gasteiger partial charge in [0.15, 0.2) is 0 Å². The van der Waals surface area contributed by atoms with Gasteiger partial charge in [-0.05, 0) is 48.9 Å². The van der Waals surface area contributed by atoms with Gasteiger partial charge in [-0.2, -0.15) is 4.31 Å². The number of pyridine rings is 1. The van der Waals surface area contributed by atoms with Gasteiger partial charge in [0.25, 0.3) is 0 Å². The van der Waals surface area contributed by atoms with Crippen LogP contribution in [0.2, 0.25) is 0 Å². The normalized spacial score (nSPS) is 15.2. The van der Waals surface area contributed by atoms with E-state index in [-0.39, 0.29) is 16.7 Å². The number of nitrogens with zero attached hydrogens (tertiary/aromatic N) is 3. The lowest BCUT2D eigenvalue weighted by atomic mass is 9.96. The minimum Gasteiger partial charge on any atom is -0.342 e. The molecule has 1 amide bonds. The number of benzene rings is 2. The van der Waals surface area contributed by atoms with Crippen LogP contribution in [0.3, 0.4) is 0 Å². The molecule has 0 saturated carbocycles. The molecular weight excluding hydrogens is 446 g/mol. The number of carbonyl (C=O) groups is 1. The summed E-state index contributed by atoms with van der Waals surface area (Å²) in [6, 6.07) is 23.6. The molecule has 1 aliphatic heterocycles. The number of hydrogen-bond donors (Lipinski definition) is 0. The van der Waals surface area contributed by atoms with E-state index in [1.54, 1.807) is 18.3 Å². The van der Waals surface area contributed by atoms with Crippen LogP contribution in [0.25, 0.3) is 0 Å². The van der Waals surface area contributed by atoms with Gasteiger partial charge in [0.05, 0.1) is 0 Å². The zero-order chi connectivity index (χ0) is 23.8. The summed E-state index contributed by atoms with van der Waals surface area (Å²) < 4.78 is 27.3. The van der Waals surface area contributed by atoms with E-state index in [9.17, 15) is 13.2 Å². The number of carbonyl (C=O) groups excluding carboxylic acids is 1. The highest BCUT2D eigenvalue weighted by atomic mass is 32.2. The van der Waals surface area contributed by atoms with Gasteiger partial charge in [-0.15, -0.1) is 0 Å². The maximum absolute atomic E-state index is 13.5. The molecule has 2 aromatic carbocycles. The fourth-order valence-electron chi connectivity index (χ4n) is 4.40. The van der Waals surface area contributed by atoms with Crippen molar-refractivity contribution in [3.63, 3.8) is 0 Å². The topological polar surface area (TPSA) is 70.6 Å². The predicted octanol–water partition coefficient (Wildman–Crippen LogP) is 3.80. The van der Waals surface area contributed by atoms with Crippen molar-refractivity contribution in [3.05, 3.63) is 96.3 Å². The fourth-order valence-corrected chi connectivity index (χ4v) is 5.83. The molecule has 4 rings (SSSR count). The first kappa shape index (κ1) is 24.1. The average molecular weight is 478 g/mol. The van der Waals surface area contributed by atoms with Gasteiger partial charge in [0.1, 0.15) is 4.90 Å². The monoisotopic (exact) mass is 477 g/mol. The van der Waals surface area contributed by atoms with Gasteiger partial charge < -0.3 is 4.90 Å². The molecule has 2 heterocycles. The summed E-state index contributed by atoms with van der Waals surface area (Å²) in [5.41, 5.74) is 2.41. The summed E-state index contributed by atoms with van der Waals surface area (Å²) >= 11 is 0. The number of aromatic nitrogens is 1. The summed E-state index contributed by atoms with van der Waals surface area (Å²) in [7, 11) is -3.58. The summed E-state index contributed by atoms with van der Waals surface area (Å²) in [5.74, 6) is -0.0304. The molecular formula is C27H31N3O3S. The fraction of sp³-hybridized carbons (Fsp3) is 0.333. The maximum Gasteiger partial charge on any atom is 0.244 e. The van der Waals surface area contributed by atoms with Crippen molar-refractivity contribution in [2.45, 2.75) is 30.6 Å². The Labute approximate surface area is 202 Å². The molecule has 0 atom stereocenters. The molecule has 0 spiro atoms. The van der Waals surface area contributed by atoms with Crippen LogP contribution in [0.4, 0.5) is 0 Å². The molecule has 1 saturated heterocycles. The standard InChI is InChI=1S/C27H31N3O3S/c31-27(25-15-20-30(21-16-25)34(32,33)26-12-7-17-28-22-26)29(18-13-23-8-3-1-4-9-23)19-14-24-10-5-2-6-11-24/h1-12,17,22,25H,13-16,18-21H2. The van der Waals surface area contributed by atoms with E-state index in [0.29, 0.717) is 39.0 Å². The second-order valence-corrected chi connectivity index (χ2v) is 10.6. The molecule has 0 bridgehead atoms. The van der Waals surface area contributed by atoms with Crippen molar-refractivity contribution < 1.29 is 13.2 Å². The van der Waals surface area contributed by atoms with E-state index >= 15 is 0 Å². The van der Waals surface area contributed by atoms with Gasteiger partial charge in [0.2, 0.25) is 15.9 Å². The molecule has 0 N–H and O–H groups in total. The van der Waals surface area contributed by atoms with E-state index in [1.165, 1.54) is 21.6 Å². The molecule has 178 valence electrons. The van der Waals surface area contributed by atoms with Crippen LogP contribution >= 0.6 is 0 Å². The number of piperidine rings is 1. The second kappa shape index (κ2) is 11.4. The first-order valence-corrected chi connectivity index (χ1v) is 13.2. The Balaban J connectivity index is 1.40. The molecule has 0 radical (unpaired) electrons. The minimum atomic E-state index is -3.58. The number of sulfonamides is 1. The molecule has 6 nitrogen and oxygen atoms in total. The summed E-state index contributed by atoms with van der Waals surface area (Å²) in [6.07, 6.45) is 5.60. The maximum atomic E-state index is 13.5. The van der Waals surface area contributed by atoms with Crippen molar-refractivity contribution in [1.29, 1.82) is 0 Å². The molecule has 1 fully saturated rings. The average Bonchev–Trinajstić information content (AvgIpc) is 2.90. The largest absolute Gasteiger partial charge is 0.342 e. The number of hydrogen-bond acceptors (Lipinski definition) is 4. The summed E-state index contributed by atoms with van der Waals surface area (Å²) in [5, 5.41) is 0. The van der Waals surface area contributed by atoms with Crippen LogP contribution in [-0.2, 0) is 27.7 Å². The second-order valence-electron chi connectivity index (χ2n) is 8.66. The first-order valence-electron chi connectivity index (χ1n) is 11.8. The third-order valence-corrected chi connectivity index (χ3v) is 8.30. The quantitative estimate of drug-likeness (QED) is 0.470. The Hall–Kier alpha value is -3.03. The summed E-state index contributed by atoms with van der Waals surface area (Å²) in [6.45, 7) is 2.01. The van der Waals surface area contributed by atoms with Gasteiger partial charge in [-0.3, -0.25) is 9.78 Å². The van der Waals surface area contributed by atoms with E-state index in [2.05, 4.69) is 29.2 Å². The molecule has 1 aliphatic rings. The van der Waals surface area contributed by atoms with Crippen LogP contribution in [0.15, 0.2) is 90.1 Å². The Kier molecular flexibility index (Phi) is 8.08. The van der Waals surface area contributed by atoms with Gasteiger partial charge in [-0.25, -0.2) is 8.42 Å². The van der Waals surface area contributed by atoms with Crippen LogP contribution in [0.5, 0.6) is 0 Å². The molecule has 1 aromatic heterocycles. The summed E-state index contributed by atoms with van der Waals surface area (Å²) in [4.78, 5) is 19.6. The van der Waals surface area contributed by atoms with Crippen LogP contribution in [0.1, 0.15) is 24.0 Å². The van der Waals surface area contributed by atoms with Crippen molar-refractivity contribution in [2.24, 2.45) is 5.92 Å². The first-order chi connectivity index (χ1) is 16.5. The predicted molar refractivity (Wildman–Crippen MR) is 133 cm³/mol. The lowest BCUT2D eigenvalue weighted by Crippen LogP contribution is -2.45. The smallest absolute Gasteiger partial charge is 0.244 e. The minimum absolute atomic E-state index is 0.130. The van der Waals surface area contributed by atoms with E-state index in [1.807, 2.05) is 41.3 Å². The third-order valence-electron chi connectivity index (χ3n) is 6.41. The van der Waals surface area contributed by atoms with Crippen molar-refractivity contribution in [2.75, 3.05) is 26.2 Å².